The lowest BCUT2D eigenvalue weighted by Gasteiger charge is -2.13. The first-order chi connectivity index (χ1) is 14.2. The number of fused-ring (bicyclic) bond motifs is 1. The van der Waals surface area contributed by atoms with Crippen molar-refractivity contribution in [2.24, 2.45) is 0 Å². The van der Waals surface area contributed by atoms with Crippen LogP contribution in [0.4, 0.5) is 11.4 Å². The van der Waals surface area contributed by atoms with Crippen LogP contribution in [-0.4, -0.2) is 46.7 Å². The molecule has 0 saturated heterocycles. The van der Waals surface area contributed by atoms with Crippen molar-refractivity contribution in [3.63, 3.8) is 0 Å². The van der Waals surface area contributed by atoms with Gasteiger partial charge in [0.1, 0.15) is 12.1 Å². The Morgan fingerprint density at radius 3 is 2.40 bits per heavy atom. The van der Waals surface area contributed by atoms with E-state index in [1.165, 1.54) is 12.1 Å². The van der Waals surface area contributed by atoms with Crippen molar-refractivity contribution in [2.45, 2.75) is 13.8 Å². The second-order valence-corrected chi connectivity index (χ2v) is 6.74. The highest BCUT2D eigenvalue weighted by atomic mass is 16.6. The van der Waals surface area contributed by atoms with Crippen LogP contribution in [0.3, 0.4) is 0 Å². The number of nitro groups is 1. The monoisotopic (exact) mass is 411 g/mol. The lowest BCUT2D eigenvalue weighted by molar-refractivity contribution is -0.385. The predicted octanol–water partition coefficient (Wildman–Crippen LogP) is 1.99. The van der Waals surface area contributed by atoms with E-state index in [9.17, 15) is 29.3 Å². The van der Waals surface area contributed by atoms with E-state index in [1.807, 2.05) is 19.9 Å². The van der Waals surface area contributed by atoms with Gasteiger partial charge in [0.15, 0.2) is 6.61 Å². The Hall–Kier alpha value is -4.08. The van der Waals surface area contributed by atoms with Crippen molar-refractivity contribution in [3.05, 3.63) is 68.8 Å². The highest BCUT2D eigenvalue weighted by Gasteiger charge is 2.41. The summed E-state index contributed by atoms with van der Waals surface area (Å²) in [7, 11) is 0. The summed E-state index contributed by atoms with van der Waals surface area (Å²) in [5.74, 6) is -3.39. The van der Waals surface area contributed by atoms with Crippen molar-refractivity contribution < 1.29 is 28.8 Å². The van der Waals surface area contributed by atoms with Gasteiger partial charge in [-0.2, -0.15) is 0 Å². The van der Waals surface area contributed by atoms with Crippen LogP contribution in [0.1, 0.15) is 31.8 Å². The molecule has 0 radical (unpaired) electrons. The number of imide groups is 1. The van der Waals surface area contributed by atoms with E-state index in [4.69, 9.17) is 4.74 Å². The Balaban J connectivity index is 1.61. The molecule has 30 heavy (non-hydrogen) atoms. The minimum absolute atomic E-state index is 0.158. The molecule has 0 atom stereocenters. The average molecular weight is 411 g/mol. The van der Waals surface area contributed by atoms with E-state index in [0.717, 1.165) is 17.2 Å². The lowest BCUT2D eigenvalue weighted by Crippen LogP contribution is -2.36. The van der Waals surface area contributed by atoms with E-state index in [2.05, 4.69) is 5.32 Å². The van der Waals surface area contributed by atoms with E-state index in [1.54, 1.807) is 12.1 Å². The van der Waals surface area contributed by atoms with Crippen LogP contribution in [0.5, 0.6) is 0 Å². The number of anilines is 1. The Labute approximate surface area is 170 Å². The summed E-state index contributed by atoms with van der Waals surface area (Å²) in [6.45, 7) is 2.36. The largest absolute Gasteiger partial charge is 0.454 e. The molecular weight excluding hydrogens is 394 g/mol. The molecule has 0 bridgehead atoms. The smallest absolute Gasteiger partial charge is 0.326 e. The Bertz CT molecular complexity index is 1070. The number of rotatable bonds is 6. The lowest BCUT2D eigenvalue weighted by atomic mass is 10.1. The minimum atomic E-state index is -0.997. The molecular formula is C20H17N3O7. The second-order valence-electron chi connectivity index (χ2n) is 6.74. The van der Waals surface area contributed by atoms with E-state index >= 15 is 0 Å². The zero-order valence-electron chi connectivity index (χ0n) is 16.1. The number of amides is 3. The van der Waals surface area contributed by atoms with Crippen LogP contribution in [-0.2, 0) is 14.3 Å². The Morgan fingerprint density at radius 2 is 1.77 bits per heavy atom. The number of benzene rings is 2. The second kappa shape index (κ2) is 8.11. The number of carbonyl (C=O) groups excluding carboxylic acids is 4. The maximum absolute atomic E-state index is 12.4. The van der Waals surface area contributed by atoms with Crippen molar-refractivity contribution in [2.75, 3.05) is 18.5 Å². The molecule has 1 N–H and O–H groups in total. The zero-order valence-corrected chi connectivity index (χ0v) is 16.1. The van der Waals surface area contributed by atoms with Gasteiger partial charge in [-0.3, -0.25) is 34.2 Å². The van der Waals surface area contributed by atoms with Gasteiger partial charge >= 0.3 is 5.97 Å². The first-order valence-corrected chi connectivity index (χ1v) is 8.84. The number of hydrogen-bond acceptors (Lipinski definition) is 7. The van der Waals surface area contributed by atoms with Gasteiger partial charge in [0.2, 0.25) is 0 Å². The summed E-state index contributed by atoms with van der Waals surface area (Å²) < 4.78 is 4.84. The molecule has 1 aliphatic rings. The molecule has 3 rings (SSSR count). The van der Waals surface area contributed by atoms with Crippen LogP contribution in [0.15, 0.2) is 36.4 Å². The van der Waals surface area contributed by atoms with Gasteiger partial charge in [0.25, 0.3) is 23.4 Å². The number of ether oxygens (including phenoxy) is 1. The van der Waals surface area contributed by atoms with Crippen molar-refractivity contribution in [3.8, 4) is 0 Å². The molecule has 154 valence electrons. The number of nitrogens with one attached hydrogen (secondary N) is 1. The van der Waals surface area contributed by atoms with E-state index in [0.29, 0.717) is 10.6 Å². The topological polar surface area (TPSA) is 136 Å². The Kier molecular flexibility index (Phi) is 5.58. The molecule has 1 heterocycles. The van der Waals surface area contributed by atoms with Crippen LogP contribution < -0.4 is 5.32 Å². The molecule has 3 amide bonds. The molecule has 1 aliphatic heterocycles. The van der Waals surface area contributed by atoms with Crippen molar-refractivity contribution >= 4 is 35.1 Å². The molecule has 0 saturated carbocycles. The maximum atomic E-state index is 12.4. The highest BCUT2D eigenvalue weighted by Crippen LogP contribution is 2.30. The van der Waals surface area contributed by atoms with Gasteiger partial charge < -0.3 is 10.1 Å². The van der Waals surface area contributed by atoms with Crippen LogP contribution in [0.25, 0.3) is 0 Å². The fourth-order valence-corrected chi connectivity index (χ4v) is 3.18. The molecule has 0 aromatic heterocycles. The SMILES string of the molecule is Cc1cc(C)cc(NC(=O)COC(=O)CN2C(=O)c3cccc([N+](=O)[O-])c3C2=O)c1. The minimum Gasteiger partial charge on any atom is -0.454 e. The quantitative estimate of drug-likeness (QED) is 0.332. The van der Waals surface area contributed by atoms with Gasteiger partial charge in [-0.15, -0.1) is 0 Å². The number of hydrogen-bond donors (Lipinski definition) is 1. The van der Waals surface area contributed by atoms with Gasteiger partial charge in [-0.05, 0) is 43.2 Å². The van der Waals surface area contributed by atoms with Gasteiger partial charge in [-0.25, -0.2) is 0 Å². The van der Waals surface area contributed by atoms with Gasteiger partial charge in [0.05, 0.1) is 10.5 Å². The Morgan fingerprint density at radius 1 is 1.10 bits per heavy atom. The molecule has 0 spiro atoms. The highest BCUT2D eigenvalue weighted by molar-refractivity contribution is 6.24. The first kappa shape index (κ1) is 20.6. The molecule has 0 fully saturated rings. The van der Waals surface area contributed by atoms with Crippen LogP contribution in [0, 0.1) is 24.0 Å². The summed E-state index contributed by atoms with van der Waals surface area (Å²) in [6, 6.07) is 9.08. The maximum Gasteiger partial charge on any atom is 0.326 e. The molecule has 10 heteroatoms. The van der Waals surface area contributed by atoms with Crippen LogP contribution in [0.2, 0.25) is 0 Å². The fourth-order valence-electron chi connectivity index (χ4n) is 3.18. The summed E-state index contributed by atoms with van der Waals surface area (Å²) in [6.07, 6.45) is 0. The standard InChI is InChI=1S/C20H17N3O7/c1-11-6-12(2)8-13(7-11)21-16(24)10-30-17(25)9-22-19(26)14-4-3-5-15(23(28)29)18(14)20(22)27/h3-8H,9-10H2,1-2H3,(H,21,24). The fraction of sp³-hybridized carbons (Fsp3) is 0.200. The molecule has 0 unspecified atom stereocenters. The summed E-state index contributed by atoms with van der Waals surface area (Å²) in [4.78, 5) is 59.7. The average Bonchev–Trinajstić information content (AvgIpc) is 2.90. The van der Waals surface area contributed by atoms with Gasteiger partial charge in [-0.1, -0.05) is 12.1 Å². The summed E-state index contributed by atoms with van der Waals surface area (Å²) >= 11 is 0. The first-order valence-electron chi connectivity index (χ1n) is 8.84. The number of esters is 1. The predicted molar refractivity (Wildman–Crippen MR) is 104 cm³/mol. The van der Waals surface area contributed by atoms with Crippen molar-refractivity contribution in [1.29, 1.82) is 0 Å². The van der Waals surface area contributed by atoms with E-state index in [-0.39, 0.29) is 11.1 Å². The number of nitrogens with zero attached hydrogens (tertiary/aromatic N) is 2. The number of aryl methyl sites for hydroxylation is 2. The molecule has 2 aromatic rings. The summed E-state index contributed by atoms with van der Waals surface area (Å²) in [5, 5.41) is 13.7. The third-order valence-corrected chi connectivity index (χ3v) is 4.33. The van der Waals surface area contributed by atoms with Gasteiger partial charge in [0, 0.05) is 11.8 Å². The summed E-state index contributed by atoms with van der Waals surface area (Å²) in [5.41, 5.74) is 1.39. The number of nitro benzene ring substituents is 1. The normalized spacial score (nSPS) is 12.5. The molecule has 2 aromatic carbocycles. The van der Waals surface area contributed by atoms with Crippen molar-refractivity contribution in [1.82, 2.24) is 4.90 Å². The van der Waals surface area contributed by atoms with Crippen LogP contribution >= 0.6 is 0 Å². The third kappa shape index (κ3) is 4.17. The molecule has 10 nitrogen and oxygen atoms in total. The number of carbonyl (C=O) groups is 4. The third-order valence-electron chi connectivity index (χ3n) is 4.33. The molecule has 0 aliphatic carbocycles. The van der Waals surface area contributed by atoms with E-state index < -0.39 is 47.5 Å². The zero-order chi connectivity index (χ0) is 22.0.